The monoisotopic (exact) mass is 300 g/mol. The van der Waals surface area contributed by atoms with Crippen LogP contribution in [0.4, 0.5) is 0 Å². The molecule has 1 aromatic carbocycles. The van der Waals surface area contributed by atoms with Gasteiger partial charge >= 0.3 is 0 Å². The molecule has 0 spiro atoms. The molecule has 1 aromatic rings. The predicted molar refractivity (Wildman–Crippen MR) is 84.2 cm³/mol. The number of hydrogen-bond donors (Lipinski definition) is 2. The lowest BCUT2D eigenvalue weighted by molar-refractivity contribution is -0.124. The molecule has 0 fully saturated rings. The van der Waals surface area contributed by atoms with Crippen molar-refractivity contribution in [2.45, 2.75) is 39.3 Å². The number of nitrogens with two attached hydrogens (primary N) is 1. The largest absolute Gasteiger partial charge is 0.380 e. The fraction of sp³-hybridized carbons (Fsp3) is 0.533. The molecule has 5 heteroatoms. The minimum absolute atomic E-state index is 0. The molecule has 0 aliphatic carbocycles. The van der Waals surface area contributed by atoms with Gasteiger partial charge in [-0.1, -0.05) is 29.3 Å². The van der Waals surface area contributed by atoms with E-state index >= 15 is 0 Å². The van der Waals surface area contributed by atoms with Crippen molar-refractivity contribution >= 4 is 18.3 Å². The first kappa shape index (κ1) is 18.9. The summed E-state index contributed by atoms with van der Waals surface area (Å²) in [4.78, 5) is 11.9. The van der Waals surface area contributed by atoms with E-state index in [9.17, 15) is 4.79 Å². The predicted octanol–water partition coefficient (Wildman–Crippen LogP) is 2.27. The Bertz CT molecular complexity index is 414. The van der Waals surface area contributed by atoms with Crippen LogP contribution in [0.5, 0.6) is 0 Å². The third-order valence-electron chi connectivity index (χ3n) is 3.13. The number of methoxy groups -OCH3 is 1. The number of halogens is 1. The van der Waals surface area contributed by atoms with Gasteiger partial charge in [0.25, 0.3) is 0 Å². The molecule has 3 N–H and O–H groups in total. The maximum atomic E-state index is 11.9. The van der Waals surface area contributed by atoms with E-state index in [4.69, 9.17) is 10.5 Å². The van der Waals surface area contributed by atoms with E-state index in [-0.39, 0.29) is 30.5 Å². The fourth-order valence-corrected chi connectivity index (χ4v) is 2.11. The molecule has 4 nitrogen and oxygen atoms in total. The van der Waals surface area contributed by atoms with Gasteiger partial charge in [-0.25, -0.2) is 0 Å². The summed E-state index contributed by atoms with van der Waals surface area (Å²) in [5.74, 6) is -0.0380. The van der Waals surface area contributed by atoms with E-state index in [1.165, 1.54) is 11.1 Å². The van der Waals surface area contributed by atoms with Gasteiger partial charge in [0.1, 0.15) is 0 Å². The van der Waals surface area contributed by atoms with Gasteiger partial charge in [0.15, 0.2) is 0 Å². The van der Waals surface area contributed by atoms with Crippen LogP contribution in [0.2, 0.25) is 0 Å². The van der Waals surface area contributed by atoms with E-state index in [2.05, 4.69) is 37.4 Å². The van der Waals surface area contributed by atoms with Crippen LogP contribution in [0.3, 0.4) is 0 Å². The number of carbonyl (C=O) groups is 1. The van der Waals surface area contributed by atoms with E-state index in [1.54, 1.807) is 7.11 Å². The minimum Gasteiger partial charge on any atom is -0.380 e. The maximum absolute atomic E-state index is 11.9. The highest BCUT2D eigenvalue weighted by Crippen LogP contribution is 2.16. The standard InChI is InChI=1S/C15H24N2O2.ClH/c1-10-5-11(2)7-13(6-10)12(3)17-15(18)8-14(9-16)19-4;/h5-7,12,14H,8-9,16H2,1-4H3,(H,17,18);1H. The Morgan fingerprint density at radius 3 is 2.30 bits per heavy atom. The summed E-state index contributed by atoms with van der Waals surface area (Å²) in [5.41, 5.74) is 9.03. The molecule has 1 amide bonds. The number of aryl methyl sites for hydroxylation is 2. The van der Waals surface area contributed by atoms with Crippen LogP contribution < -0.4 is 11.1 Å². The molecule has 0 aliphatic heterocycles. The molecule has 2 unspecified atom stereocenters. The normalized spacial score (nSPS) is 13.2. The number of rotatable bonds is 6. The summed E-state index contributed by atoms with van der Waals surface area (Å²) in [7, 11) is 1.57. The summed E-state index contributed by atoms with van der Waals surface area (Å²) >= 11 is 0. The van der Waals surface area contributed by atoms with Gasteiger partial charge in [0, 0.05) is 13.7 Å². The van der Waals surface area contributed by atoms with Crippen molar-refractivity contribution in [1.82, 2.24) is 5.32 Å². The van der Waals surface area contributed by atoms with E-state index in [0.29, 0.717) is 13.0 Å². The number of ether oxygens (including phenoxy) is 1. The quantitative estimate of drug-likeness (QED) is 0.847. The van der Waals surface area contributed by atoms with Crippen molar-refractivity contribution in [1.29, 1.82) is 0 Å². The highest BCUT2D eigenvalue weighted by molar-refractivity contribution is 5.85. The lowest BCUT2D eigenvalue weighted by Crippen LogP contribution is -2.33. The van der Waals surface area contributed by atoms with Crippen LogP contribution in [0.1, 0.15) is 36.1 Å². The van der Waals surface area contributed by atoms with Gasteiger partial charge in [-0.2, -0.15) is 0 Å². The Balaban J connectivity index is 0.00000361. The van der Waals surface area contributed by atoms with E-state index < -0.39 is 0 Å². The molecule has 1 rings (SSSR count). The van der Waals surface area contributed by atoms with Crippen LogP contribution in [0, 0.1) is 13.8 Å². The SMILES string of the molecule is COC(CN)CC(=O)NC(C)c1cc(C)cc(C)c1.Cl. The second-order valence-corrected chi connectivity index (χ2v) is 5.01. The second kappa shape index (κ2) is 8.95. The van der Waals surface area contributed by atoms with Crippen LogP contribution in [0.15, 0.2) is 18.2 Å². The molecule has 0 radical (unpaired) electrons. The topological polar surface area (TPSA) is 64.3 Å². The molecule has 20 heavy (non-hydrogen) atoms. The molecular weight excluding hydrogens is 276 g/mol. The van der Waals surface area contributed by atoms with E-state index in [1.807, 2.05) is 6.92 Å². The van der Waals surface area contributed by atoms with Crippen LogP contribution in [-0.2, 0) is 9.53 Å². The number of amides is 1. The van der Waals surface area contributed by atoms with Gasteiger partial charge in [0.2, 0.25) is 5.91 Å². The molecule has 114 valence electrons. The fourth-order valence-electron chi connectivity index (χ4n) is 2.11. The van der Waals surface area contributed by atoms with Crippen molar-refractivity contribution in [3.8, 4) is 0 Å². The lowest BCUT2D eigenvalue weighted by Gasteiger charge is -2.18. The molecule has 0 bridgehead atoms. The zero-order valence-electron chi connectivity index (χ0n) is 12.6. The van der Waals surface area contributed by atoms with Crippen LogP contribution in [-0.4, -0.2) is 25.7 Å². The number of carbonyl (C=O) groups excluding carboxylic acids is 1. The summed E-state index contributed by atoms with van der Waals surface area (Å²) < 4.78 is 5.11. The molecule has 0 aliphatic rings. The lowest BCUT2D eigenvalue weighted by atomic mass is 10.0. The summed E-state index contributed by atoms with van der Waals surface area (Å²) in [6.07, 6.45) is 0.0775. The van der Waals surface area contributed by atoms with Crippen LogP contribution in [0.25, 0.3) is 0 Å². The van der Waals surface area contributed by atoms with Crippen molar-refractivity contribution in [3.63, 3.8) is 0 Å². The van der Waals surface area contributed by atoms with Crippen molar-refractivity contribution in [2.75, 3.05) is 13.7 Å². The summed E-state index contributed by atoms with van der Waals surface area (Å²) in [6.45, 7) is 6.44. The zero-order valence-corrected chi connectivity index (χ0v) is 13.4. The molecule has 0 heterocycles. The number of hydrogen-bond acceptors (Lipinski definition) is 3. The molecule has 0 saturated heterocycles. The number of nitrogens with one attached hydrogen (secondary N) is 1. The average molecular weight is 301 g/mol. The Hall–Kier alpha value is -1.10. The Morgan fingerprint density at radius 2 is 1.85 bits per heavy atom. The highest BCUT2D eigenvalue weighted by Gasteiger charge is 2.14. The highest BCUT2D eigenvalue weighted by atomic mass is 35.5. The Kier molecular flexibility index (Phi) is 8.46. The zero-order chi connectivity index (χ0) is 14.4. The van der Waals surface area contributed by atoms with Gasteiger partial charge in [-0.15, -0.1) is 12.4 Å². The molecule has 0 saturated carbocycles. The van der Waals surface area contributed by atoms with E-state index in [0.717, 1.165) is 5.56 Å². The third-order valence-corrected chi connectivity index (χ3v) is 3.13. The van der Waals surface area contributed by atoms with Crippen molar-refractivity contribution < 1.29 is 9.53 Å². The number of benzene rings is 1. The summed E-state index contributed by atoms with van der Waals surface area (Å²) in [5, 5.41) is 2.98. The van der Waals surface area contributed by atoms with Gasteiger partial charge in [0.05, 0.1) is 18.6 Å². The van der Waals surface area contributed by atoms with Gasteiger partial charge in [-0.05, 0) is 26.3 Å². The first-order valence-electron chi connectivity index (χ1n) is 6.56. The minimum atomic E-state index is -0.216. The Morgan fingerprint density at radius 1 is 1.30 bits per heavy atom. The first-order valence-corrected chi connectivity index (χ1v) is 6.56. The van der Waals surface area contributed by atoms with Crippen molar-refractivity contribution in [2.24, 2.45) is 5.73 Å². The average Bonchev–Trinajstić information content (AvgIpc) is 2.34. The third kappa shape index (κ3) is 5.90. The second-order valence-electron chi connectivity index (χ2n) is 5.01. The van der Waals surface area contributed by atoms with Gasteiger partial charge in [-0.3, -0.25) is 4.79 Å². The molecular formula is C15H25ClN2O2. The molecule has 0 aromatic heterocycles. The van der Waals surface area contributed by atoms with Crippen LogP contribution >= 0.6 is 12.4 Å². The summed E-state index contributed by atoms with van der Waals surface area (Å²) in [6, 6.07) is 6.29. The molecule has 2 atom stereocenters. The maximum Gasteiger partial charge on any atom is 0.223 e. The van der Waals surface area contributed by atoms with Crippen molar-refractivity contribution in [3.05, 3.63) is 34.9 Å². The smallest absolute Gasteiger partial charge is 0.223 e. The first-order chi connectivity index (χ1) is 8.96. The Labute approximate surface area is 127 Å². The van der Waals surface area contributed by atoms with Gasteiger partial charge < -0.3 is 15.8 Å².